The van der Waals surface area contributed by atoms with Crippen LogP contribution in [0.5, 0.6) is 0 Å². The quantitative estimate of drug-likeness (QED) is 0.805. The highest BCUT2D eigenvalue weighted by Gasteiger charge is 2.09. The second-order valence-electron chi connectivity index (χ2n) is 3.61. The third-order valence-electron chi connectivity index (χ3n) is 2.39. The van der Waals surface area contributed by atoms with Crippen molar-refractivity contribution in [3.8, 4) is 0 Å². The molecule has 0 aromatic heterocycles. The number of hydrogen-bond acceptors (Lipinski definition) is 2. The third kappa shape index (κ3) is 3.83. The molecule has 0 heterocycles. The number of aliphatic hydroxyl groups is 1. The molecular weight excluding hydrogens is 226 g/mol. The first-order valence-corrected chi connectivity index (χ1v) is 5.66. The summed E-state index contributed by atoms with van der Waals surface area (Å²) in [6.07, 6.45) is 1.84. The SMILES string of the molecule is CN(C(=O)CCCCO)c1ccc(Cl)cc1. The van der Waals surface area contributed by atoms with Gasteiger partial charge < -0.3 is 10.0 Å². The fourth-order valence-electron chi connectivity index (χ4n) is 1.36. The van der Waals surface area contributed by atoms with E-state index in [0.29, 0.717) is 24.3 Å². The van der Waals surface area contributed by atoms with Gasteiger partial charge in [0.2, 0.25) is 5.91 Å². The summed E-state index contributed by atoms with van der Waals surface area (Å²) in [6.45, 7) is 0.137. The highest BCUT2D eigenvalue weighted by Crippen LogP contribution is 2.17. The van der Waals surface area contributed by atoms with Gasteiger partial charge in [-0.25, -0.2) is 0 Å². The van der Waals surface area contributed by atoms with E-state index in [9.17, 15) is 4.79 Å². The second-order valence-corrected chi connectivity index (χ2v) is 4.05. The molecule has 0 saturated heterocycles. The second kappa shape index (κ2) is 6.51. The van der Waals surface area contributed by atoms with Crippen LogP contribution in [-0.2, 0) is 4.79 Å². The van der Waals surface area contributed by atoms with Gasteiger partial charge in [-0.05, 0) is 37.1 Å². The van der Waals surface area contributed by atoms with Crippen LogP contribution < -0.4 is 4.90 Å². The van der Waals surface area contributed by atoms with Gasteiger partial charge >= 0.3 is 0 Å². The largest absolute Gasteiger partial charge is 0.396 e. The van der Waals surface area contributed by atoms with Crippen molar-refractivity contribution in [3.05, 3.63) is 29.3 Å². The van der Waals surface area contributed by atoms with Crippen molar-refractivity contribution in [3.63, 3.8) is 0 Å². The molecule has 3 nitrogen and oxygen atoms in total. The molecule has 0 bridgehead atoms. The van der Waals surface area contributed by atoms with E-state index in [1.165, 1.54) is 0 Å². The molecule has 0 fully saturated rings. The van der Waals surface area contributed by atoms with Crippen LogP contribution in [0.15, 0.2) is 24.3 Å². The van der Waals surface area contributed by atoms with Crippen LogP contribution >= 0.6 is 11.6 Å². The Morgan fingerprint density at radius 2 is 1.94 bits per heavy atom. The maximum Gasteiger partial charge on any atom is 0.226 e. The summed E-state index contributed by atoms with van der Waals surface area (Å²) in [6, 6.07) is 7.14. The number of rotatable bonds is 5. The van der Waals surface area contributed by atoms with Crippen LogP contribution in [-0.4, -0.2) is 24.7 Å². The maximum absolute atomic E-state index is 11.7. The van der Waals surface area contributed by atoms with Gasteiger partial charge in [0, 0.05) is 30.8 Å². The van der Waals surface area contributed by atoms with E-state index in [-0.39, 0.29) is 12.5 Å². The minimum atomic E-state index is 0.0516. The molecule has 1 N–H and O–H groups in total. The van der Waals surface area contributed by atoms with Crippen molar-refractivity contribution in [2.24, 2.45) is 0 Å². The molecule has 1 aromatic rings. The molecule has 1 rings (SSSR count). The normalized spacial score (nSPS) is 10.2. The van der Waals surface area contributed by atoms with Gasteiger partial charge in [-0.1, -0.05) is 11.6 Å². The van der Waals surface area contributed by atoms with E-state index in [1.54, 1.807) is 24.1 Å². The van der Waals surface area contributed by atoms with Crippen molar-refractivity contribution in [2.45, 2.75) is 19.3 Å². The van der Waals surface area contributed by atoms with Gasteiger partial charge in [-0.2, -0.15) is 0 Å². The number of aliphatic hydroxyl groups excluding tert-OH is 1. The van der Waals surface area contributed by atoms with E-state index in [0.717, 1.165) is 5.69 Å². The van der Waals surface area contributed by atoms with Crippen molar-refractivity contribution < 1.29 is 9.90 Å². The van der Waals surface area contributed by atoms with Crippen molar-refractivity contribution in [2.75, 3.05) is 18.6 Å². The minimum Gasteiger partial charge on any atom is -0.396 e. The van der Waals surface area contributed by atoms with E-state index in [2.05, 4.69) is 0 Å². The van der Waals surface area contributed by atoms with E-state index in [4.69, 9.17) is 16.7 Å². The Bertz CT molecular complexity index is 337. The standard InChI is InChI=1S/C12H16ClNO2/c1-14(12(16)4-2-3-9-15)11-7-5-10(13)6-8-11/h5-8,15H,2-4,9H2,1H3. The Labute approximate surface area is 101 Å². The van der Waals surface area contributed by atoms with Gasteiger partial charge in [0.05, 0.1) is 0 Å². The number of amides is 1. The molecule has 4 heteroatoms. The van der Waals surface area contributed by atoms with Gasteiger partial charge in [-0.3, -0.25) is 4.79 Å². The summed E-state index contributed by atoms with van der Waals surface area (Å²) >= 11 is 5.77. The van der Waals surface area contributed by atoms with Crippen LogP contribution in [0, 0.1) is 0 Å². The lowest BCUT2D eigenvalue weighted by Gasteiger charge is -2.17. The summed E-state index contributed by atoms with van der Waals surface area (Å²) in [5, 5.41) is 9.28. The fraction of sp³-hybridized carbons (Fsp3) is 0.417. The lowest BCUT2D eigenvalue weighted by molar-refractivity contribution is -0.118. The molecule has 0 unspecified atom stereocenters. The molecule has 0 spiro atoms. The predicted molar refractivity (Wildman–Crippen MR) is 65.8 cm³/mol. The highest BCUT2D eigenvalue weighted by molar-refractivity contribution is 6.30. The average molecular weight is 242 g/mol. The molecule has 1 amide bonds. The highest BCUT2D eigenvalue weighted by atomic mass is 35.5. The van der Waals surface area contributed by atoms with E-state index in [1.807, 2.05) is 12.1 Å². The van der Waals surface area contributed by atoms with Gasteiger partial charge in [0.1, 0.15) is 0 Å². The molecule has 88 valence electrons. The molecule has 0 aliphatic rings. The van der Waals surface area contributed by atoms with E-state index >= 15 is 0 Å². The number of unbranched alkanes of at least 4 members (excludes halogenated alkanes) is 1. The number of anilines is 1. The lowest BCUT2D eigenvalue weighted by atomic mass is 10.2. The van der Waals surface area contributed by atoms with Gasteiger partial charge in [0.15, 0.2) is 0 Å². The third-order valence-corrected chi connectivity index (χ3v) is 2.64. The molecule has 0 saturated carbocycles. The fourth-order valence-corrected chi connectivity index (χ4v) is 1.49. The first-order chi connectivity index (χ1) is 7.65. The molecule has 0 aliphatic carbocycles. The monoisotopic (exact) mass is 241 g/mol. The predicted octanol–water partition coefficient (Wildman–Crippen LogP) is 2.47. The number of benzene rings is 1. The minimum absolute atomic E-state index is 0.0516. The van der Waals surface area contributed by atoms with Crippen LogP contribution in [0.2, 0.25) is 5.02 Å². The zero-order chi connectivity index (χ0) is 12.0. The van der Waals surface area contributed by atoms with Crippen molar-refractivity contribution >= 4 is 23.2 Å². The Morgan fingerprint density at radius 1 is 1.31 bits per heavy atom. The number of nitrogens with zero attached hydrogens (tertiary/aromatic N) is 1. The van der Waals surface area contributed by atoms with Crippen LogP contribution in [0.4, 0.5) is 5.69 Å². The number of hydrogen-bond donors (Lipinski definition) is 1. The van der Waals surface area contributed by atoms with Crippen molar-refractivity contribution in [1.29, 1.82) is 0 Å². The molecule has 0 atom stereocenters. The lowest BCUT2D eigenvalue weighted by Crippen LogP contribution is -2.25. The first kappa shape index (κ1) is 13.0. The zero-order valence-corrected chi connectivity index (χ0v) is 10.1. The number of carbonyl (C=O) groups excluding carboxylic acids is 1. The summed E-state index contributed by atoms with van der Waals surface area (Å²) < 4.78 is 0. The molecular formula is C12H16ClNO2. The summed E-state index contributed by atoms with van der Waals surface area (Å²) in [5.41, 5.74) is 0.832. The zero-order valence-electron chi connectivity index (χ0n) is 9.32. The van der Waals surface area contributed by atoms with Crippen LogP contribution in [0.3, 0.4) is 0 Å². The molecule has 16 heavy (non-hydrogen) atoms. The Hall–Kier alpha value is -1.06. The van der Waals surface area contributed by atoms with Crippen LogP contribution in [0.1, 0.15) is 19.3 Å². The smallest absolute Gasteiger partial charge is 0.226 e. The maximum atomic E-state index is 11.7. The molecule has 0 radical (unpaired) electrons. The Balaban J connectivity index is 2.53. The average Bonchev–Trinajstić information content (AvgIpc) is 2.29. The Kier molecular flexibility index (Phi) is 5.29. The molecule has 0 aliphatic heterocycles. The summed E-state index contributed by atoms with van der Waals surface area (Å²) in [4.78, 5) is 13.3. The van der Waals surface area contributed by atoms with Gasteiger partial charge in [0.25, 0.3) is 0 Å². The first-order valence-electron chi connectivity index (χ1n) is 5.28. The van der Waals surface area contributed by atoms with Crippen LogP contribution in [0.25, 0.3) is 0 Å². The van der Waals surface area contributed by atoms with E-state index < -0.39 is 0 Å². The molecule has 1 aromatic carbocycles. The number of halogens is 1. The Morgan fingerprint density at radius 3 is 2.50 bits per heavy atom. The summed E-state index contributed by atoms with van der Waals surface area (Å²) in [7, 11) is 1.74. The van der Waals surface area contributed by atoms with Gasteiger partial charge in [-0.15, -0.1) is 0 Å². The summed E-state index contributed by atoms with van der Waals surface area (Å²) in [5.74, 6) is 0.0516. The topological polar surface area (TPSA) is 40.5 Å². The van der Waals surface area contributed by atoms with Crippen molar-refractivity contribution in [1.82, 2.24) is 0 Å². The number of carbonyl (C=O) groups is 1.